The van der Waals surface area contributed by atoms with E-state index in [0.29, 0.717) is 24.0 Å². The van der Waals surface area contributed by atoms with Gasteiger partial charge in [0, 0.05) is 11.6 Å². The first-order valence-electron chi connectivity index (χ1n) is 7.54. The molecule has 1 aromatic heterocycles. The number of ether oxygens (including phenoxy) is 1. The number of aryl methyl sites for hydroxylation is 1. The molecule has 1 heterocycles. The highest BCUT2D eigenvalue weighted by molar-refractivity contribution is 6.99. The van der Waals surface area contributed by atoms with E-state index in [1.807, 2.05) is 25.1 Å². The Morgan fingerprint density at radius 2 is 2.18 bits per heavy atom. The third-order valence-corrected chi connectivity index (χ3v) is 4.57. The van der Waals surface area contributed by atoms with Gasteiger partial charge in [0.05, 0.1) is 17.4 Å². The van der Waals surface area contributed by atoms with Gasteiger partial charge in [-0.3, -0.25) is 4.79 Å². The minimum Gasteiger partial charge on any atom is -0.487 e. The van der Waals surface area contributed by atoms with Crippen molar-refractivity contribution < 1.29 is 9.53 Å². The molecule has 2 aromatic rings. The molecule has 1 aliphatic rings. The molecule has 0 bridgehead atoms. The number of hydrogen-bond acceptors (Lipinski definition) is 5. The van der Waals surface area contributed by atoms with Crippen LogP contribution in [-0.4, -0.2) is 20.7 Å². The number of hydrogen-bond donors (Lipinski definition) is 1. The van der Waals surface area contributed by atoms with Crippen molar-refractivity contribution in [3.05, 3.63) is 41.2 Å². The fourth-order valence-electron chi connectivity index (χ4n) is 2.60. The van der Waals surface area contributed by atoms with E-state index < -0.39 is 0 Å². The van der Waals surface area contributed by atoms with Gasteiger partial charge in [0.25, 0.3) is 5.91 Å². The highest BCUT2D eigenvalue weighted by atomic mass is 32.1. The van der Waals surface area contributed by atoms with Gasteiger partial charge in [-0.05, 0) is 38.0 Å². The normalized spacial score (nSPS) is 15.0. The average Bonchev–Trinajstić information content (AvgIpc) is 3.17. The minimum atomic E-state index is -0.0242. The van der Waals surface area contributed by atoms with Crippen LogP contribution in [0.15, 0.2) is 24.3 Å². The lowest BCUT2D eigenvalue weighted by Gasteiger charge is -2.12. The number of benzene rings is 1. The van der Waals surface area contributed by atoms with Crippen molar-refractivity contribution in [1.82, 2.24) is 14.1 Å². The van der Waals surface area contributed by atoms with Crippen LogP contribution in [0.1, 0.15) is 47.4 Å². The molecular formula is C16H19N3O2S. The Labute approximate surface area is 134 Å². The van der Waals surface area contributed by atoms with Crippen LogP contribution in [-0.2, 0) is 6.61 Å². The zero-order valence-electron chi connectivity index (χ0n) is 12.5. The van der Waals surface area contributed by atoms with E-state index in [-0.39, 0.29) is 5.91 Å². The molecule has 1 N–H and O–H groups in total. The van der Waals surface area contributed by atoms with Gasteiger partial charge >= 0.3 is 0 Å². The van der Waals surface area contributed by atoms with Crippen molar-refractivity contribution in [1.29, 1.82) is 0 Å². The number of amides is 1. The van der Waals surface area contributed by atoms with Gasteiger partial charge in [0.2, 0.25) is 0 Å². The molecule has 1 fully saturated rings. The number of rotatable bonds is 5. The minimum absolute atomic E-state index is 0.0242. The average molecular weight is 317 g/mol. The summed E-state index contributed by atoms with van der Waals surface area (Å²) in [6.07, 6.45) is 4.57. The Kier molecular flexibility index (Phi) is 4.68. The van der Waals surface area contributed by atoms with Gasteiger partial charge in [-0.2, -0.15) is 8.75 Å². The van der Waals surface area contributed by atoms with Gasteiger partial charge in [-0.1, -0.05) is 18.9 Å². The Balaban J connectivity index is 1.61. The first kappa shape index (κ1) is 15.0. The van der Waals surface area contributed by atoms with Crippen LogP contribution in [0.5, 0.6) is 5.75 Å². The fraction of sp³-hybridized carbons (Fsp3) is 0.438. The number of nitrogens with zero attached hydrogens (tertiary/aromatic N) is 2. The van der Waals surface area contributed by atoms with Gasteiger partial charge in [0.15, 0.2) is 0 Å². The van der Waals surface area contributed by atoms with Crippen molar-refractivity contribution in [3.63, 3.8) is 0 Å². The summed E-state index contributed by atoms with van der Waals surface area (Å²) < 4.78 is 14.0. The van der Waals surface area contributed by atoms with Crippen molar-refractivity contribution in [2.75, 3.05) is 0 Å². The lowest BCUT2D eigenvalue weighted by atomic mass is 10.1. The molecule has 22 heavy (non-hydrogen) atoms. The van der Waals surface area contributed by atoms with E-state index in [9.17, 15) is 4.79 Å². The summed E-state index contributed by atoms with van der Waals surface area (Å²) in [6, 6.07) is 7.60. The van der Waals surface area contributed by atoms with E-state index in [0.717, 1.165) is 24.2 Å². The zero-order valence-corrected chi connectivity index (χ0v) is 13.4. The molecule has 0 spiro atoms. The van der Waals surface area contributed by atoms with Gasteiger partial charge in [0.1, 0.15) is 18.1 Å². The van der Waals surface area contributed by atoms with Crippen molar-refractivity contribution in [3.8, 4) is 5.75 Å². The summed E-state index contributed by atoms with van der Waals surface area (Å²) in [4.78, 5) is 12.3. The molecule has 5 nitrogen and oxygen atoms in total. The van der Waals surface area contributed by atoms with E-state index >= 15 is 0 Å². The molecule has 1 aliphatic carbocycles. The number of carbonyl (C=O) groups excluding carboxylic acids is 1. The Morgan fingerprint density at radius 1 is 1.36 bits per heavy atom. The molecule has 0 aliphatic heterocycles. The fourth-order valence-corrected chi connectivity index (χ4v) is 3.15. The second-order valence-electron chi connectivity index (χ2n) is 5.57. The molecule has 0 radical (unpaired) electrons. The standard InChI is InChI=1S/C16H19N3O2S/c1-11-15(19-22-18-11)10-21-14-8-4-5-12(9-14)16(20)17-13-6-2-3-7-13/h4-5,8-9,13H,2-3,6-7,10H2,1H3,(H,17,20). The molecule has 6 heteroatoms. The predicted octanol–water partition coefficient (Wildman–Crippen LogP) is 3.10. The largest absolute Gasteiger partial charge is 0.487 e. The lowest BCUT2D eigenvalue weighted by Crippen LogP contribution is -2.32. The third-order valence-electron chi connectivity index (χ3n) is 3.91. The second kappa shape index (κ2) is 6.87. The summed E-state index contributed by atoms with van der Waals surface area (Å²) in [6.45, 7) is 2.28. The monoisotopic (exact) mass is 317 g/mol. The van der Waals surface area contributed by atoms with E-state index in [1.165, 1.54) is 24.6 Å². The van der Waals surface area contributed by atoms with E-state index in [4.69, 9.17) is 4.74 Å². The Morgan fingerprint density at radius 3 is 2.91 bits per heavy atom. The number of aromatic nitrogens is 2. The predicted molar refractivity (Wildman–Crippen MR) is 85.1 cm³/mol. The highest BCUT2D eigenvalue weighted by Crippen LogP contribution is 2.19. The van der Waals surface area contributed by atoms with Gasteiger partial charge in [-0.25, -0.2) is 0 Å². The van der Waals surface area contributed by atoms with Crippen molar-refractivity contribution in [2.24, 2.45) is 0 Å². The number of nitrogens with one attached hydrogen (secondary N) is 1. The summed E-state index contributed by atoms with van der Waals surface area (Å²) in [5, 5.41) is 3.09. The SMILES string of the molecule is Cc1nsnc1COc1cccc(C(=O)NC2CCCC2)c1. The van der Waals surface area contributed by atoms with E-state index in [1.54, 1.807) is 6.07 Å². The van der Waals surface area contributed by atoms with Gasteiger partial charge < -0.3 is 10.1 Å². The smallest absolute Gasteiger partial charge is 0.251 e. The Hall–Kier alpha value is -1.95. The molecule has 0 unspecified atom stereocenters. The van der Waals surface area contributed by atoms with Crippen LogP contribution in [0.25, 0.3) is 0 Å². The molecule has 0 atom stereocenters. The first-order valence-corrected chi connectivity index (χ1v) is 8.27. The Bertz CT molecular complexity index is 650. The second-order valence-corrected chi connectivity index (χ2v) is 6.10. The topological polar surface area (TPSA) is 64.1 Å². The van der Waals surface area contributed by atoms with Crippen LogP contribution in [0.2, 0.25) is 0 Å². The molecule has 3 rings (SSSR count). The van der Waals surface area contributed by atoms with Crippen molar-refractivity contribution >= 4 is 17.6 Å². The zero-order chi connectivity index (χ0) is 15.4. The summed E-state index contributed by atoms with van der Waals surface area (Å²) in [7, 11) is 0. The molecular weight excluding hydrogens is 298 g/mol. The van der Waals surface area contributed by atoms with Crippen LogP contribution < -0.4 is 10.1 Å². The first-order chi connectivity index (χ1) is 10.7. The van der Waals surface area contributed by atoms with Crippen LogP contribution in [0.4, 0.5) is 0 Å². The maximum atomic E-state index is 12.3. The number of carbonyl (C=O) groups is 1. The van der Waals surface area contributed by atoms with Crippen LogP contribution in [0.3, 0.4) is 0 Å². The summed E-state index contributed by atoms with van der Waals surface area (Å²) in [5.41, 5.74) is 2.36. The molecule has 1 saturated carbocycles. The molecule has 1 amide bonds. The maximum Gasteiger partial charge on any atom is 0.251 e. The lowest BCUT2D eigenvalue weighted by molar-refractivity contribution is 0.0937. The van der Waals surface area contributed by atoms with Crippen molar-refractivity contribution in [2.45, 2.75) is 45.3 Å². The maximum absolute atomic E-state index is 12.3. The molecule has 1 aromatic carbocycles. The highest BCUT2D eigenvalue weighted by Gasteiger charge is 2.18. The summed E-state index contributed by atoms with van der Waals surface area (Å²) >= 11 is 1.18. The third kappa shape index (κ3) is 3.62. The van der Waals surface area contributed by atoms with Crippen LogP contribution in [0, 0.1) is 6.92 Å². The van der Waals surface area contributed by atoms with E-state index in [2.05, 4.69) is 14.1 Å². The molecule has 116 valence electrons. The quantitative estimate of drug-likeness (QED) is 0.920. The van der Waals surface area contributed by atoms with Gasteiger partial charge in [-0.15, -0.1) is 0 Å². The van der Waals surface area contributed by atoms with Crippen LogP contribution >= 0.6 is 11.7 Å². The molecule has 0 saturated heterocycles. The summed E-state index contributed by atoms with van der Waals surface area (Å²) in [5.74, 6) is 0.648.